The lowest BCUT2D eigenvalue weighted by atomic mass is 9.81. The Hall–Kier alpha value is -2.32. The average molecular weight is 380 g/mol. The molecule has 3 rings (SSSR count). The van der Waals surface area contributed by atoms with E-state index in [2.05, 4.69) is 5.32 Å². The maximum atomic E-state index is 12.4. The molecule has 2 heterocycles. The number of carboxylic acid groups (broad SMARTS) is 1. The van der Waals surface area contributed by atoms with Crippen molar-refractivity contribution < 1.29 is 24.3 Å². The van der Waals surface area contributed by atoms with E-state index in [0.717, 1.165) is 12.8 Å². The Bertz CT molecular complexity index is 631. The summed E-state index contributed by atoms with van der Waals surface area (Å²) in [7, 11) is 0. The van der Waals surface area contributed by atoms with Gasteiger partial charge < -0.3 is 25.1 Å². The van der Waals surface area contributed by atoms with Gasteiger partial charge in [0.2, 0.25) is 11.8 Å². The van der Waals surface area contributed by atoms with Crippen molar-refractivity contribution in [1.29, 1.82) is 0 Å². The summed E-state index contributed by atoms with van der Waals surface area (Å²) < 4.78 is 0. The minimum atomic E-state index is -0.805. The van der Waals surface area contributed by atoms with Crippen molar-refractivity contribution in [2.45, 2.75) is 32.6 Å². The number of rotatable bonds is 4. The molecule has 0 spiro atoms. The largest absolute Gasteiger partial charge is 0.481 e. The van der Waals surface area contributed by atoms with Crippen LogP contribution in [-0.2, 0) is 14.4 Å². The second-order valence-corrected chi connectivity index (χ2v) is 7.80. The van der Waals surface area contributed by atoms with Gasteiger partial charge in [-0.3, -0.25) is 14.4 Å². The first-order chi connectivity index (χ1) is 12.8. The van der Waals surface area contributed by atoms with Crippen LogP contribution in [-0.4, -0.2) is 89.4 Å². The van der Waals surface area contributed by atoms with Crippen LogP contribution in [0.25, 0.3) is 0 Å². The van der Waals surface area contributed by atoms with Gasteiger partial charge in [0.05, 0.1) is 5.41 Å². The fourth-order valence-corrected chi connectivity index (χ4v) is 4.61. The number of fused-ring (bicyclic) bond motifs is 1. The highest BCUT2D eigenvalue weighted by molar-refractivity contribution is 5.81. The van der Waals surface area contributed by atoms with E-state index in [1.165, 1.54) is 6.92 Å². The summed E-state index contributed by atoms with van der Waals surface area (Å²) in [6, 6.07) is -0.292. The number of hydrogen-bond donors (Lipinski definition) is 2. The molecule has 1 aliphatic carbocycles. The summed E-state index contributed by atoms with van der Waals surface area (Å²) in [6.07, 6.45) is 2.58. The molecular weight excluding hydrogens is 352 g/mol. The Labute approximate surface area is 158 Å². The van der Waals surface area contributed by atoms with Gasteiger partial charge in [-0.1, -0.05) is 6.42 Å². The number of carboxylic acids is 1. The minimum Gasteiger partial charge on any atom is -0.481 e. The van der Waals surface area contributed by atoms with Crippen LogP contribution in [0.15, 0.2) is 0 Å². The van der Waals surface area contributed by atoms with Crippen molar-refractivity contribution in [3.63, 3.8) is 0 Å². The number of piperazine rings is 1. The summed E-state index contributed by atoms with van der Waals surface area (Å²) >= 11 is 0. The molecule has 9 heteroatoms. The van der Waals surface area contributed by atoms with Crippen LogP contribution < -0.4 is 5.32 Å². The van der Waals surface area contributed by atoms with E-state index in [9.17, 15) is 24.3 Å². The normalized spacial score (nSPS) is 27.4. The monoisotopic (exact) mass is 380 g/mol. The molecule has 0 aromatic rings. The zero-order chi connectivity index (χ0) is 19.6. The van der Waals surface area contributed by atoms with E-state index < -0.39 is 11.4 Å². The molecule has 150 valence electrons. The van der Waals surface area contributed by atoms with Crippen molar-refractivity contribution in [3.8, 4) is 0 Å². The van der Waals surface area contributed by atoms with Gasteiger partial charge in [0.25, 0.3) is 0 Å². The standard InChI is InChI=1S/C18H28N4O5/c1-13(23)20-7-9-21(10-8-20)15(24)4-6-19-17(27)22-11-14-3-2-5-18(14,12-22)16(25)26/h14H,2-12H2,1H3,(H,19,27)(H,25,26)/t14-,18+/m0/s1. The van der Waals surface area contributed by atoms with Crippen LogP contribution >= 0.6 is 0 Å². The van der Waals surface area contributed by atoms with Crippen LogP contribution in [0.2, 0.25) is 0 Å². The Morgan fingerprint density at radius 2 is 1.74 bits per heavy atom. The van der Waals surface area contributed by atoms with Crippen LogP contribution in [0.5, 0.6) is 0 Å². The molecule has 9 nitrogen and oxygen atoms in total. The molecule has 4 amide bonds. The maximum absolute atomic E-state index is 12.4. The molecule has 2 atom stereocenters. The second-order valence-electron chi connectivity index (χ2n) is 7.80. The van der Waals surface area contributed by atoms with Crippen molar-refractivity contribution in [2.24, 2.45) is 11.3 Å². The highest BCUT2D eigenvalue weighted by atomic mass is 16.4. The van der Waals surface area contributed by atoms with Gasteiger partial charge in [-0.2, -0.15) is 0 Å². The molecule has 0 bridgehead atoms. The van der Waals surface area contributed by atoms with Crippen LogP contribution in [0, 0.1) is 11.3 Å². The van der Waals surface area contributed by atoms with Crippen LogP contribution in [0.3, 0.4) is 0 Å². The predicted molar refractivity (Wildman–Crippen MR) is 95.8 cm³/mol. The number of amides is 4. The lowest BCUT2D eigenvalue weighted by Crippen LogP contribution is -2.50. The van der Waals surface area contributed by atoms with E-state index in [1.807, 2.05) is 0 Å². The lowest BCUT2D eigenvalue weighted by molar-refractivity contribution is -0.149. The van der Waals surface area contributed by atoms with Crippen molar-refractivity contribution in [3.05, 3.63) is 0 Å². The van der Waals surface area contributed by atoms with E-state index in [-0.39, 0.29) is 43.3 Å². The van der Waals surface area contributed by atoms with Crippen LogP contribution in [0.1, 0.15) is 32.6 Å². The first-order valence-corrected chi connectivity index (χ1v) is 9.63. The molecule has 0 unspecified atom stereocenters. The molecule has 2 aliphatic heterocycles. The van der Waals surface area contributed by atoms with E-state index in [1.54, 1.807) is 14.7 Å². The Morgan fingerprint density at radius 3 is 2.33 bits per heavy atom. The van der Waals surface area contributed by atoms with Gasteiger partial charge in [0, 0.05) is 59.2 Å². The number of carbonyl (C=O) groups excluding carboxylic acids is 3. The number of nitrogens with zero attached hydrogens (tertiary/aromatic N) is 3. The zero-order valence-corrected chi connectivity index (χ0v) is 15.8. The van der Waals surface area contributed by atoms with Gasteiger partial charge in [0.1, 0.15) is 0 Å². The fourth-order valence-electron chi connectivity index (χ4n) is 4.61. The van der Waals surface area contributed by atoms with E-state index in [0.29, 0.717) is 39.1 Å². The molecule has 2 N–H and O–H groups in total. The molecule has 2 saturated heterocycles. The highest BCUT2D eigenvalue weighted by Crippen LogP contribution is 2.48. The molecular formula is C18H28N4O5. The quantitative estimate of drug-likeness (QED) is 0.711. The summed E-state index contributed by atoms with van der Waals surface area (Å²) in [5, 5.41) is 12.3. The van der Waals surface area contributed by atoms with Gasteiger partial charge in [-0.25, -0.2) is 4.79 Å². The highest BCUT2D eigenvalue weighted by Gasteiger charge is 2.55. The van der Waals surface area contributed by atoms with E-state index in [4.69, 9.17) is 0 Å². The van der Waals surface area contributed by atoms with Gasteiger partial charge in [-0.15, -0.1) is 0 Å². The molecule has 1 saturated carbocycles. The minimum absolute atomic E-state index is 0.0175. The van der Waals surface area contributed by atoms with Crippen molar-refractivity contribution in [1.82, 2.24) is 20.0 Å². The summed E-state index contributed by atoms with van der Waals surface area (Å²) in [5.74, 6) is -0.803. The number of likely N-dealkylation sites (tertiary alicyclic amines) is 1. The van der Waals surface area contributed by atoms with Gasteiger partial charge in [0.15, 0.2) is 0 Å². The first kappa shape index (κ1) is 19.4. The third-order valence-corrected chi connectivity index (χ3v) is 6.28. The third-order valence-electron chi connectivity index (χ3n) is 6.28. The number of nitrogens with one attached hydrogen (secondary N) is 1. The van der Waals surface area contributed by atoms with Gasteiger partial charge >= 0.3 is 12.0 Å². The summed E-state index contributed by atoms with van der Waals surface area (Å²) in [6.45, 7) is 4.58. The van der Waals surface area contributed by atoms with Crippen LogP contribution in [0.4, 0.5) is 4.79 Å². The van der Waals surface area contributed by atoms with Crippen molar-refractivity contribution >= 4 is 23.8 Å². The molecule has 3 fully saturated rings. The average Bonchev–Trinajstić information content (AvgIpc) is 3.20. The summed E-state index contributed by atoms with van der Waals surface area (Å²) in [4.78, 5) is 52.6. The van der Waals surface area contributed by atoms with E-state index >= 15 is 0 Å². The topological polar surface area (TPSA) is 110 Å². The molecule has 0 aromatic heterocycles. The molecule has 27 heavy (non-hydrogen) atoms. The third kappa shape index (κ3) is 3.86. The number of urea groups is 1. The Balaban J connectivity index is 1.41. The fraction of sp³-hybridized carbons (Fsp3) is 0.778. The maximum Gasteiger partial charge on any atom is 0.317 e. The Kier molecular flexibility index (Phi) is 5.57. The van der Waals surface area contributed by atoms with Crippen molar-refractivity contribution in [2.75, 3.05) is 45.8 Å². The first-order valence-electron chi connectivity index (χ1n) is 9.63. The molecule has 0 aromatic carbocycles. The zero-order valence-electron chi connectivity index (χ0n) is 15.8. The van der Waals surface area contributed by atoms with Gasteiger partial charge in [-0.05, 0) is 18.8 Å². The molecule has 3 aliphatic rings. The smallest absolute Gasteiger partial charge is 0.317 e. The number of carbonyl (C=O) groups is 4. The Morgan fingerprint density at radius 1 is 1.07 bits per heavy atom. The predicted octanol–water partition coefficient (Wildman–Crippen LogP) is -0.0365. The summed E-state index contributed by atoms with van der Waals surface area (Å²) in [5.41, 5.74) is -0.788. The SMILES string of the molecule is CC(=O)N1CCN(C(=O)CCNC(=O)N2C[C@@H]3CCC[C@@]3(C(=O)O)C2)CC1. The second kappa shape index (κ2) is 7.74. The lowest BCUT2D eigenvalue weighted by Gasteiger charge is -2.34. The number of aliphatic carboxylic acids is 1. The number of hydrogen-bond acceptors (Lipinski definition) is 4. The molecule has 0 radical (unpaired) electrons.